The summed E-state index contributed by atoms with van der Waals surface area (Å²) in [5, 5.41) is 21.7. The van der Waals surface area contributed by atoms with Gasteiger partial charge >= 0.3 is 12.0 Å². The van der Waals surface area contributed by atoms with Gasteiger partial charge in [0.05, 0.1) is 12.0 Å². The lowest BCUT2D eigenvalue weighted by Gasteiger charge is -2.27. The van der Waals surface area contributed by atoms with E-state index in [-0.39, 0.29) is 30.0 Å². The molecule has 1 unspecified atom stereocenters. The highest BCUT2D eigenvalue weighted by Gasteiger charge is 2.27. The number of amides is 2. The van der Waals surface area contributed by atoms with Crippen LogP contribution in [0.25, 0.3) is 0 Å². The van der Waals surface area contributed by atoms with E-state index in [1.165, 1.54) is 0 Å². The second-order valence-electron chi connectivity index (χ2n) is 6.46. The maximum absolute atomic E-state index is 12.1. The van der Waals surface area contributed by atoms with Crippen molar-refractivity contribution in [3.8, 4) is 0 Å². The first-order valence-electron chi connectivity index (χ1n) is 8.08. The van der Waals surface area contributed by atoms with Gasteiger partial charge in [0.2, 0.25) is 0 Å². The van der Waals surface area contributed by atoms with E-state index in [1.807, 2.05) is 20.8 Å². The van der Waals surface area contributed by atoms with Crippen molar-refractivity contribution >= 4 is 12.0 Å². The van der Waals surface area contributed by atoms with Gasteiger partial charge in [-0.05, 0) is 32.6 Å². The van der Waals surface area contributed by atoms with Crippen LogP contribution in [0.2, 0.25) is 0 Å². The molecule has 1 aromatic heterocycles. The van der Waals surface area contributed by atoms with Gasteiger partial charge in [0.15, 0.2) is 5.82 Å². The molecule has 1 aromatic rings. The molecule has 23 heavy (non-hydrogen) atoms. The normalized spacial score (nSPS) is 22.6. The monoisotopic (exact) mass is 323 g/mol. The number of carboxylic acids is 1. The Bertz CT molecular complexity index is 549. The first kappa shape index (κ1) is 17.2. The van der Waals surface area contributed by atoms with E-state index < -0.39 is 5.97 Å². The Morgan fingerprint density at radius 1 is 1.22 bits per heavy atom. The van der Waals surface area contributed by atoms with Crippen LogP contribution < -0.4 is 10.6 Å². The molecule has 8 nitrogen and oxygen atoms in total. The lowest BCUT2D eigenvalue weighted by atomic mass is 9.86. The number of aliphatic carboxylic acids is 1. The van der Waals surface area contributed by atoms with Crippen molar-refractivity contribution in [2.45, 2.75) is 64.5 Å². The first-order valence-corrected chi connectivity index (χ1v) is 8.08. The van der Waals surface area contributed by atoms with Crippen molar-refractivity contribution in [3.05, 3.63) is 11.6 Å². The second-order valence-corrected chi connectivity index (χ2v) is 6.46. The molecule has 0 radical (unpaired) electrons. The van der Waals surface area contributed by atoms with Gasteiger partial charge in [-0.2, -0.15) is 5.10 Å². The van der Waals surface area contributed by atoms with Gasteiger partial charge in [0.25, 0.3) is 0 Å². The molecule has 0 aliphatic heterocycles. The van der Waals surface area contributed by atoms with E-state index in [0.717, 1.165) is 5.82 Å². The number of hydrogen-bond donors (Lipinski definition) is 4. The third-order valence-electron chi connectivity index (χ3n) is 4.21. The number of carboxylic acid groups (broad SMARTS) is 1. The van der Waals surface area contributed by atoms with Crippen molar-refractivity contribution in [1.29, 1.82) is 0 Å². The number of nitrogens with one attached hydrogen (secondary N) is 3. The average molecular weight is 323 g/mol. The lowest BCUT2D eigenvalue weighted by molar-refractivity contribution is -0.142. The van der Waals surface area contributed by atoms with Crippen LogP contribution in [0.15, 0.2) is 0 Å². The van der Waals surface area contributed by atoms with Crippen LogP contribution in [0.5, 0.6) is 0 Å². The Morgan fingerprint density at radius 3 is 2.39 bits per heavy atom. The molecule has 8 heteroatoms. The predicted octanol–water partition coefficient (Wildman–Crippen LogP) is 1.93. The number of carbonyl (C=O) groups excluding carboxylic acids is 1. The van der Waals surface area contributed by atoms with Gasteiger partial charge in [-0.1, -0.05) is 13.8 Å². The van der Waals surface area contributed by atoms with E-state index in [0.29, 0.717) is 31.5 Å². The number of aromatic amines is 1. The topological polar surface area (TPSA) is 120 Å². The molecule has 1 fully saturated rings. The van der Waals surface area contributed by atoms with E-state index in [9.17, 15) is 9.59 Å². The minimum absolute atomic E-state index is 0.0266. The van der Waals surface area contributed by atoms with Crippen LogP contribution in [0, 0.1) is 5.92 Å². The molecule has 1 aliphatic carbocycles. The van der Waals surface area contributed by atoms with Crippen LogP contribution in [-0.2, 0) is 4.79 Å². The SMILES string of the molecule is CC(C)c1n[nH]c(C(C)NC(=O)NC2CCC(C(=O)O)CC2)n1. The quantitative estimate of drug-likeness (QED) is 0.660. The molecule has 1 aliphatic rings. The zero-order valence-electron chi connectivity index (χ0n) is 13.8. The Morgan fingerprint density at radius 2 is 1.87 bits per heavy atom. The molecule has 0 bridgehead atoms. The largest absolute Gasteiger partial charge is 0.481 e. The number of aromatic nitrogens is 3. The fourth-order valence-electron chi connectivity index (χ4n) is 2.72. The zero-order chi connectivity index (χ0) is 17.0. The number of nitrogens with zero attached hydrogens (tertiary/aromatic N) is 2. The van der Waals surface area contributed by atoms with Crippen molar-refractivity contribution < 1.29 is 14.7 Å². The second kappa shape index (κ2) is 7.43. The van der Waals surface area contributed by atoms with Gasteiger partial charge in [0, 0.05) is 12.0 Å². The van der Waals surface area contributed by atoms with Gasteiger partial charge in [0.1, 0.15) is 5.82 Å². The number of rotatable bonds is 5. The summed E-state index contributed by atoms with van der Waals surface area (Å²) in [6, 6.07) is -0.511. The Hall–Kier alpha value is -2.12. The maximum atomic E-state index is 12.1. The Balaban J connectivity index is 1.79. The van der Waals surface area contributed by atoms with Crippen molar-refractivity contribution in [2.75, 3.05) is 0 Å². The van der Waals surface area contributed by atoms with Gasteiger partial charge in [-0.25, -0.2) is 9.78 Å². The molecular weight excluding hydrogens is 298 g/mol. The van der Waals surface area contributed by atoms with Crippen molar-refractivity contribution in [1.82, 2.24) is 25.8 Å². The van der Waals surface area contributed by atoms with Crippen LogP contribution in [0.3, 0.4) is 0 Å². The zero-order valence-corrected chi connectivity index (χ0v) is 13.8. The van der Waals surface area contributed by atoms with E-state index in [1.54, 1.807) is 0 Å². The average Bonchev–Trinajstić information content (AvgIpc) is 2.97. The summed E-state index contributed by atoms with van der Waals surface area (Å²) in [7, 11) is 0. The molecule has 1 heterocycles. The van der Waals surface area contributed by atoms with E-state index >= 15 is 0 Å². The van der Waals surface area contributed by atoms with Crippen LogP contribution >= 0.6 is 0 Å². The highest BCUT2D eigenvalue weighted by atomic mass is 16.4. The summed E-state index contributed by atoms with van der Waals surface area (Å²) >= 11 is 0. The molecule has 0 aromatic carbocycles. The van der Waals surface area contributed by atoms with Gasteiger partial charge < -0.3 is 15.7 Å². The fraction of sp³-hybridized carbons (Fsp3) is 0.733. The van der Waals surface area contributed by atoms with Crippen molar-refractivity contribution in [3.63, 3.8) is 0 Å². The van der Waals surface area contributed by atoms with Gasteiger partial charge in [-0.15, -0.1) is 0 Å². The lowest BCUT2D eigenvalue weighted by Crippen LogP contribution is -2.45. The maximum Gasteiger partial charge on any atom is 0.315 e. The van der Waals surface area contributed by atoms with Crippen LogP contribution in [0.4, 0.5) is 4.79 Å². The minimum atomic E-state index is -0.743. The van der Waals surface area contributed by atoms with Gasteiger partial charge in [-0.3, -0.25) is 9.89 Å². The third-order valence-corrected chi connectivity index (χ3v) is 4.21. The Kier molecular flexibility index (Phi) is 5.57. The summed E-state index contributed by atoms with van der Waals surface area (Å²) in [5.74, 6) is 0.552. The number of urea groups is 1. The summed E-state index contributed by atoms with van der Waals surface area (Å²) in [6.45, 7) is 5.85. The molecule has 1 saturated carbocycles. The predicted molar refractivity (Wildman–Crippen MR) is 83.9 cm³/mol. The summed E-state index contributed by atoms with van der Waals surface area (Å²) < 4.78 is 0. The summed E-state index contributed by atoms with van der Waals surface area (Å²) in [5.41, 5.74) is 0. The first-order chi connectivity index (χ1) is 10.9. The molecule has 4 N–H and O–H groups in total. The van der Waals surface area contributed by atoms with E-state index in [4.69, 9.17) is 5.11 Å². The standard InChI is InChI=1S/C15H25N5O3/c1-8(2)12-18-13(20-19-12)9(3)16-15(23)17-11-6-4-10(5-7-11)14(21)22/h8-11H,4-7H2,1-3H3,(H,21,22)(H2,16,17,23)(H,18,19,20). The molecule has 2 amide bonds. The van der Waals surface area contributed by atoms with E-state index in [2.05, 4.69) is 25.8 Å². The Labute approximate surface area is 135 Å². The molecule has 1 atom stereocenters. The van der Waals surface area contributed by atoms with Crippen molar-refractivity contribution in [2.24, 2.45) is 5.92 Å². The number of hydrogen-bond acceptors (Lipinski definition) is 4. The molecule has 0 saturated heterocycles. The minimum Gasteiger partial charge on any atom is -0.481 e. The molecule has 128 valence electrons. The smallest absolute Gasteiger partial charge is 0.315 e. The third kappa shape index (κ3) is 4.67. The van der Waals surface area contributed by atoms with Crippen LogP contribution in [-0.4, -0.2) is 38.3 Å². The fourth-order valence-corrected chi connectivity index (χ4v) is 2.72. The number of H-pyrrole nitrogens is 1. The molecule has 0 spiro atoms. The highest BCUT2D eigenvalue weighted by Crippen LogP contribution is 2.24. The molecule has 2 rings (SSSR count). The summed E-state index contributed by atoms with van der Waals surface area (Å²) in [4.78, 5) is 27.3. The molecular formula is C15H25N5O3. The van der Waals surface area contributed by atoms with Crippen LogP contribution in [0.1, 0.15) is 70.1 Å². The highest BCUT2D eigenvalue weighted by molar-refractivity contribution is 5.74. The number of carbonyl (C=O) groups is 2. The summed E-state index contributed by atoms with van der Waals surface area (Å²) in [6.07, 6.45) is 2.60.